The van der Waals surface area contributed by atoms with Crippen LogP contribution in [0.1, 0.15) is 21.5 Å². The lowest BCUT2D eigenvalue weighted by molar-refractivity contribution is 0.104. The number of benzene rings is 3. The third kappa shape index (κ3) is 5.48. The monoisotopic (exact) mass is 535 g/mol. The van der Waals surface area contributed by atoms with Crippen molar-refractivity contribution in [1.29, 1.82) is 0 Å². The van der Waals surface area contributed by atoms with E-state index in [2.05, 4.69) is 22.6 Å². The van der Waals surface area contributed by atoms with Crippen molar-refractivity contribution in [1.82, 2.24) is 4.57 Å². The summed E-state index contributed by atoms with van der Waals surface area (Å²) in [4.78, 5) is 12.7. The van der Waals surface area contributed by atoms with Gasteiger partial charge in [0.05, 0.1) is 7.11 Å². The molecular formula is C27H22INO3. The Hall–Kier alpha value is -3.32. The number of hydrogen-bond donors (Lipinski definition) is 0. The Bertz CT molecular complexity index is 1230. The van der Waals surface area contributed by atoms with Crippen molar-refractivity contribution < 1.29 is 14.3 Å². The van der Waals surface area contributed by atoms with Crippen molar-refractivity contribution in [3.05, 3.63) is 118 Å². The van der Waals surface area contributed by atoms with Crippen LogP contribution in [0.25, 0.3) is 11.8 Å². The quantitative estimate of drug-likeness (QED) is 0.146. The van der Waals surface area contributed by atoms with Gasteiger partial charge in [-0.25, -0.2) is 0 Å². The molecule has 0 bridgehead atoms. The molecule has 0 aliphatic carbocycles. The first-order chi connectivity index (χ1) is 15.6. The molecule has 0 amide bonds. The lowest BCUT2D eigenvalue weighted by Gasteiger charge is -2.11. The second kappa shape index (κ2) is 10.3. The molecule has 0 spiro atoms. The molecule has 0 radical (unpaired) electrons. The Balaban J connectivity index is 1.48. The first-order valence-corrected chi connectivity index (χ1v) is 11.2. The largest absolute Gasteiger partial charge is 0.496 e. The SMILES string of the molecule is COc1ccc(/C=C/C(=O)c2cccc(-n3cccc3)c2)cc1COc1ccc(I)cc1. The molecule has 0 fully saturated rings. The van der Waals surface area contributed by atoms with Crippen LogP contribution in [-0.4, -0.2) is 17.5 Å². The molecule has 160 valence electrons. The Kier molecular flexibility index (Phi) is 7.07. The van der Waals surface area contributed by atoms with Gasteiger partial charge >= 0.3 is 0 Å². The second-order valence-electron chi connectivity index (χ2n) is 7.15. The zero-order valence-corrected chi connectivity index (χ0v) is 19.7. The van der Waals surface area contributed by atoms with Crippen LogP contribution in [0.5, 0.6) is 11.5 Å². The summed E-state index contributed by atoms with van der Waals surface area (Å²) in [6.07, 6.45) is 7.33. The zero-order valence-electron chi connectivity index (χ0n) is 17.6. The molecule has 0 unspecified atom stereocenters. The number of allylic oxidation sites excluding steroid dienone is 1. The van der Waals surface area contributed by atoms with Crippen molar-refractivity contribution in [3.63, 3.8) is 0 Å². The Morgan fingerprint density at radius 2 is 1.75 bits per heavy atom. The average Bonchev–Trinajstić information content (AvgIpc) is 3.37. The summed E-state index contributed by atoms with van der Waals surface area (Å²) in [5.74, 6) is 1.50. The van der Waals surface area contributed by atoms with Gasteiger partial charge in [0.2, 0.25) is 0 Å². The van der Waals surface area contributed by atoms with Crippen molar-refractivity contribution in [2.45, 2.75) is 6.61 Å². The number of halogens is 1. The summed E-state index contributed by atoms with van der Waals surface area (Å²) in [5, 5.41) is 0. The Morgan fingerprint density at radius 1 is 0.969 bits per heavy atom. The van der Waals surface area contributed by atoms with Crippen molar-refractivity contribution in [3.8, 4) is 17.2 Å². The first-order valence-electron chi connectivity index (χ1n) is 10.1. The molecule has 0 saturated heterocycles. The topological polar surface area (TPSA) is 40.5 Å². The highest BCUT2D eigenvalue weighted by atomic mass is 127. The van der Waals surface area contributed by atoms with E-state index in [-0.39, 0.29) is 5.78 Å². The van der Waals surface area contributed by atoms with E-state index in [0.29, 0.717) is 12.2 Å². The van der Waals surface area contributed by atoms with Crippen molar-refractivity contribution in [2.24, 2.45) is 0 Å². The van der Waals surface area contributed by atoms with Gasteiger partial charge in [-0.3, -0.25) is 4.79 Å². The molecule has 0 saturated carbocycles. The van der Waals surface area contributed by atoms with E-state index < -0.39 is 0 Å². The maximum Gasteiger partial charge on any atom is 0.185 e. The molecule has 4 aromatic rings. The van der Waals surface area contributed by atoms with Gasteiger partial charge in [0.25, 0.3) is 0 Å². The normalized spacial score (nSPS) is 10.9. The molecule has 0 N–H and O–H groups in total. The van der Waals surface area contributed by atoms with Gasteiger partial charge in [0.15, 0.2) is 5.78 Å². The van der Waals surface area contributed by atoms with Crippen LogP contribution >= 0.6 is 22.6 Å². The average molecular weight is 535 g/mol. The number of ether oxygens (including phenoxy) is 2. The zero-order chi connectivity index (χ0) is 22.3. The molecule has 1 heterocycles. The van der Waals surface area contributed by atoms with Gasteiger partial charge in [0.1, 0.15) is 18.1 Å². The van der Waals surface area contributed by atoms with Gasteiger partial charge in [0, 0.05) is 32.8 Å². The van der Waals surface area contributed by atoms with Gasteiger partial charge in [-0.1, -0.05) is 24.3 Å². The molecule has 0 aliphatic rings. The number of rotatable bonds is 8. The summed E-state index contributed by atoms with van der Waals surface area (Å²) >= 11 is 2.26. The van der Waals surface area contributed by atoms with Gasteiger partial charge < -0.3 is 14.0 Å². The molecule has 4 rings (SSSR count). The number of nitrogens with zero attached hydrogens (tertiary/aromatic N) is 1. The predicted octanol–water partition coefficient (Wildman–Crippen LogP) is 6.57. The lowest BCUT2D eigenvalue weighted by atomic mass is 10.1. The highest BCUT2D eigenvalue weighted by molar-refractivity contribution is 14.1. The minimum Gasteiger partial charge on any atom is -0.496 e. The van der Waals surface area contributed by atoms with Gasteiger partial charge in [-0.05, 0) is 94.9 Å². The standard InChI is InChI=1S/C27H22INO3/c1-31-27-14-8-20(17-22(27)19-32-25-11-9-23(28)10-12-25)7-13-26(30)21-5-4-6-24(18-21)29-15-2-3-16-29/h2-18H,19H2,1H3/b13-7+. The summed E-state index contributed by atoms with van der Waals surface area (Å²) in [5.41, 5.74) is 3.41. The highest BCUT2D eigenvalue weighted by Crippen LogP contribution is 2.23. The van der Waals surface area contributed by atoms with E-state index in [1.54, 1.807) is 13.2 Å². The number of carbonyl (C=O) groups excluding carboxylic acids is 1. The highest BCUT2D eigenvalue weighted by Gasteiger charge is 2.07. The van der Waals surface area contributed by atoms with Crippen LogP contribution in [0, 0.1) is 3.57 Å². The first kappa shape index (κ1) is 21.9. The van der Waals surface area contributed by atoms with Crippen LogP contribution in [0.4, 0.5) is 0 Å². The third-order valence-electron chi connectivity index (χ3n) is 4.97. The molecule has 4 nitrogen and oxygen atoms in total. The van der Waals surface area contributed by atoms with E-state index in [1.807, 2.05) is 102 Å². The Morgan fingerprint density at radius 3 is 2.50 bits per heavy atom. The van der Waals surface area contributed by atoms with Crippen LogP contribution in [0.2, 0.25) is 0 Å². The minimum atomic E-state index is -0.0495. The predicted molar refractivity (Wildman–Crippen MR) is 136 cm³/mol. The molecule has 1 aromatic heterocycles. The fourth-order valence-electron chi connectivity index (χ4n) is 3.30. The maximum absolute atomic E-state index is 12.7. The lowest BCUT2D eigenvalue weighted by Crippen LogP contribution is -2.00. The van der Waals surface area contributed by atoms with Gasteiger partial charge in [-0.2, -0.15) is 0 Å². The van der Waals surface area contributed by atoms with Crippen LogP contribution in [0.3, 0.4) is 0 Å². The molecule has 5 heteroatoms. The second-order valence-corrected chi connectivity index (χ2v) is 8.40. The number of hydrogen-bond acceptors (Lipinski definition) is 3. The van der Waals surface area contributed by atoms with E-state index in [4.69, 9.17) is 9.47 Å². The van der Waals surface area contributed by atoms with Crippen molar-refractivity contribution >= 4 is 34.5 Å². The summed E-state index contributed by atoms with van der Waals surface area (Å²) in [7, 11) is 1.64. The smallest absolute Gasteiger partial charge is 0.185 e. The van der Waals surface area contributed by atoms with Crippen LogP contribution < -0.4 is 9.47 Å². The van der Waals surface area contributed by atoms with Crippen LogP contribution in [-0.2, 0) is 6.61 Å². The van der Waals surface area contributed by atoms with E-state index >= 15 is 0 Å². The number of methoxy groups -OCH3 is 1. The number of ketones is 1. The summed E-state index contributed by atoms with van der Waals surface area (Å²) in [6, 6.07) is 25.2. The van der Waals surface area contributed by atoms with E-state index in [0.717, 1.165) is 31.9 Å². The Labute approximate surface area is 201 Å². The maximum atomic E-state index is 12.7. The summed E-state index contributed by atoms with van der Waals surface area (Å²) in [6.45, 7) is 0.373. The molecule has 0 atom stereocenters. The molecule has 3 aromatic carbocycles. The van der Waals surface area contributed by atoms with Gasteiger partial charge in [-0.15, -0.1) is 0 Å². The number of aromatic nitrogens is 1. The molecular weight excluding hydrogens is 513 g/mol. The van der Waals surface area contributed by atoms with E-state index in [1.165, 1.54) is 0 Å². The molecule has 0 aliphatic heterocycles. The fraction of sp³-hybridized carbons (Fsp3) is 0.0741. The summed E-state index contributed by atoms with van der Waals surface area (Å²) < 4.78 is 14.5. The van der Waals surface area contributed by atoms with Crippen LogP contribution in [0.15, 0.2) is 97.3 Å². The van der Waals surface area contributed by atoms with Crippen molar-refractivity contribution in [2.75, 3.05) is 7.11 Å². The third-order valence-corrected chi connectivity index (χ3v) is 5.69. The number of carbonyl (C=O) groups is 1. The fourth-order valence-corrected chi connectivity index (χ4v) is 3.66. The minimum absolute atomic E-state index is 0.0495. The van der Waals surface area contributed by atoms with E-state index in [9.17, 15) is 4.79 Å². The molecule has 32 heavy (non-hydrogen) atoms.